The molecule has 166 valence electrons. The number of amides is 2. The van der Waals surface area contributed by atoms with Crippen LogP contribution in [0.15, 0.2) is 24.3 Å². The summed E-state index contributed by atoms with van der Waals surface area (Å²) < 4.78 is 0. The van der Waals surface area contributed by atoms with Crippen molar-refractivity contribution in [3.8, 4) is 0 Å². The number of carboxylic acid groups (broad SMARTS) is 1. The fraction of sp³-hybridized carbons (Fsp3) is 0.609. The van der Waals surface area contributed by atoms with Crippen LogP contribution in [0.3, 0.4) is 0 Å². The van der Waals surface area contributed by atoms with Crippen molar-refractivity contribution in [3.05, 3.63) is 29.8 Å². The molecule has 1 aromatic carbocycles. The van der Waals surface area contributed by atoms with Crippen molar-refractivity contribution < 1.29 is 19.5 Å². The number of carbonyl (C=O) groups is 3. The highest BCUT2D eigenvalue weighted by Crippen LogP contribution is 2.32. The van der Waals surface area contributed by atoms with Gasteiger partial charge in [0.05, 0.1) is 6.04 Å². The maximum Gasteiger partial charge on any atom is 0.326 e. The molecule has 0 aliphatic carbocycles. The number of rotatable bonds is 10. The Morgan fingerprint density at radius 3 is 2.33 bits per heavy atom. The molecule has 0 aromatic heterocycles. The number of carboxylic acids is 1. The molecule has 30 heavy (non-hydrogen) atoms. The van der Waals surface area contributed by atoms with E-state index < -0.39 is 17.9 Å². The molecule has 7 nitrogen and oxygen atoms in total. The number of hydrogen-bond acceptors (Lipinski definition) is 4. The van der Waals surface area contributed by atoms with Crippen LogP contribution < -0.4 is 15.5 Å². The minimum Gasteiger partial charge on any atom is -0.480 e. The van der Waals surface area contributed by atoms with Gasteiger partial charge >= 0.3 is 5.97 Å². The number of nitrogens with zero attached hydrogens (tertiary/aromatic N) is 1. The Bertz CT molecular complexity index is 729. The third-order valence-electron chi connectivity index (χ3n) is 5.39. The summed E-state index contributed by atoms with van der Waals surface area (Å²) in [4.78, 5) is 37.6. The van der Waals surface area contributed by atoms with E-state index in [0.717, 1.165) is 25.1 Å². The Labute approximate surface area is 179 Å². The Morgan fingerprint density at radius 1 is 1.07 bits per heavy atom. The van der Waals surface area contributed by atoms with E-state index in [4.69, 9.17) is 0 Å². The zero-order chi connectivity index (χ0) is 22.1. The minimum absolute atomic E-state index is 0.0394. The Kier molecular flexibility index (Phi) is 9.15. The van der Waals surface area contributed by atoms with Crippen molar-refractivity contribution in [1.29, 1.82) is 0 Å². The highest BCUT2D eigenvalue weighted by atomic mass is 16.4. The normalized spacial score (nSPS) is 16.1. The zero-order valence-corrected chi connectivity index (χ0v) is 18.3. The standard InChI is InChI=1S/C23H35N3O4/c1-16(2)15-20(25-22(28)12-11-19(23(29)30)24-17(3)27)18-9-5-6-10-21(18)26-13-7-4-8-14-26/h5-6,9-10,16,19-20H,4,7-8,11-15H2,1-3H3,(H,24,27)(H,25,28)(H,29,30)/t19-,20+/m0/s1. The lowest BCUT2D eigenvalue weighted by Gasteiger charge is -2.33. The third kappa shape index (κ3) is 7.35. The molecule has 2 amide bonds. The lowest BCUT2D eigenvalue weighted by atomic mass is 9.94. The van der Waals surface area contributed by atoms with E-state index in [1.54, 1.807) is 0 Å². The Balaban J connectivity index is 2.12. The van der Waals surface area contributed by atoms with E-state index in [1.807, 2.05) is 12.1 Å². The molecule has 1 heterocycles. The highest BCUT2D eigenvalue weighted by Gasteiger charge is 2.24. The lowest BCUT2D eigenvalue weighted by Crippen LogP contribution is -2.41. The van der Waals surface area contributed by atoms with Crippen LogP contribution in [0.5, 0.6) is 0 Å². The van der Waals surface area contributed by atoms with Crippen LogP contribution in [-0.2, 0) is 14.4 Å². The van der Waals surface area contributed by atoms with Crippen LogP contribution >= 0.6 is 0 Å². The smallest absolute Gasteiger partial charge is 0.326 e. The van der Waals surface area contributed by atoms with E-state index in [9.17, 15) is 19.5 Å². The first-order valence-corrected chi connectivity index (χ1v) is 10.9. The number of aliphatic carboxylic acids is 1. The zero-order valence-electron chi connectivity index (χ0n) is 18.3. The van der Waals surface area contributed by atoms with Crippen LogP contribution in [0.2, 0.25) is 0 Å². The van der Waals surface area contributed by atoms with Crippen molar-refractivity contribution in [2.75, 3.05) is 18.0 Å². The molecule has 1 aromatic rings. The van der Waals surface area contributed by atoms with Gasteiger partial charge < -0.3 is 20.6 Å². The Morgan fingerprint density at radius 2 is 1.73 bits per heavy atom. The van der Waals surface area contributed by atoms with Gasteiger partial charge in [0.25, 0.3) is 0 Å². The SMILES string of the molecule is CC(=O)N[C@@H](CCC(=O)N[C@H](CC(C)C)c1ccccc1N1CCCCC1)C(=O)O. The molecule has 0 saturated carbocycles. The van der Waals surface area contributed by atoms with Crippen molar-refractivity contribution in [3.63, 3.8) is 0 Å². The summed E-state index contributed by atoms with van der Waals surface area (Å²) in [7, 11) is 0. The summed E-state index contributed by atoms with van der Waals surface area (Å²) in [6, 6.07) is 7.04. The van der Waals surface area contributed by atoms with Gasteiger partial charge in [0.1, 0.15) is 6.04 Å². The fourth-order valence-electron chi connectivity index (χ4n) is 3.98. The second-order valence-electron chi connectivity index (χ2n) is 8.49. The number of para-hydroxylation sites is 1. The van der Waals surface area contributed by atoms with E-state index in [-0.39, 0.29) is 24.8 Å². The molecule has 0 unspecified atom stereocenters. The number of nitrogens with one attached hydrogen (secondary N) is 2. The average molecular weight is 418 g/mol. The maximum atomic E-state index is 12.7. The van der Waals surface area contributed by atoms with E-state index >= 15 is 0 Å². The van der Waals surface area contributed by atoms with Gasteiger partial charge in [-0.1, -0.05) is 32.0 Å². The molecule has 3 N–H and O–H groups in total. The molecule has 1 saturated heterocycles. The molecular weight excluding hydrogens is 382 g/mol. The largest absolute Gasteiger partial charge is 0.480 e. The predicted molar refractivity (Wildman–Crippen MR) is 117 cm³/mol. The van der Waals surface area contributed by atoms with Crippen LogP contribution in [0.1, 0.15) is 70.9 Å². The summed E-state index contributed by atoms with van der Waals surface area (Å²) in [5.74, 6) is -1.37. The number of carbonyl (C=O) groups excluding carboxylic acids is 2. The minimum atomic E-state index is -1.13. The van der Waals surface area contributed by atoms with Crippen LogP contribution in [0.4, 0.5) is 5.69 Å². The summed E-state index contributed by atoms with van der Waals surface area (Å²) in [6.45, 7) is 7.57. The Hall–Kier alpha value is -2.57. The monoisotopic (exact) mass is 417 g/mol. The molecule has 1 fully saturated rings. The van der Waals surface area contributed by atoms with Gasteiger partial charge in [-0.05, 0) is 49.7 Å². The summed E-state index contributed by atoms with van der Waals surface area (Å²) in [6.07, 6.45) is 4.50. The fourth-order valence-corrected chi connectivity index (χ4v) is 3.98. The average Bonchev–Trinajstić information content (AvgIpc) is 2.70. The topological polar surface area (TPSA) is 98.7 Å². The molecule has 2 rings (SSSR count). The van der Waals surface area contributed by atoms with Gasteiger partial charge in [-0.3, -0.25) is 9.59 Å². The molecule has 1 aliphatic heterocycles. The molecule has 0 bridgehead atoms. The van der Waals surface area contributed by atoms with E-state index in [1.165, 1.54) is 31.9 Å². The maximum absolute atomic E-state index is 12.7. The quantitative estimate of drug-likeness (QED) is 0.543. The van der Waals surface area contributed by atoms with Gasteiger partial charge in [-0.15, -0.1) is 0 Å². The molecule has 7 heteroatoms. The summed E-state index contributed by atoms with van der Waals surface area (Å²) in [5.41, 5.74) is 2.28. The number of piperidine rings is 1. The second-order valence-corrected chi connectivity index (χ2v) is 8.49. The van der Waals surface area contributed by atoms with Crippen molar-refractivity contribution in [1.82, 2.24) is 10.6 Å². The molecule has 1 aliphatic rings. The third-order valence-corrected chi connectivity index (χ3v) is 5.39. The lowest BCUT2D eigenvalue weighted by molar-refractivity contribution is -0.141. The molecule has 0 spiro atoms. The van der Waals surface area contributed by atoms with Gasteiger partial charge in [0.15, 0.2) is 0 Å². The summed E-state index contributed by atoms with van der Waals surface area (Å²) in [5, 5.41) is 14.7. The van der Waals surface area contributed by atoms with Crippen LogP contribution in [0.25, 0.3) is 0 Å². The van der Waals surface area contributed by atoms with Crippen molar-refractivity contribution >= 4 is 23.5 Å². The number of benzene rings is 1. The second kappa shape index (κ2) is 11.6. The van der Waals surface area contributed by atoms with Crippen molar-refractivity contribution in [2.45, 2.75) is 71.4 Å². The van der Waals surface area contributed by atoms with Crippen molar-refractivity contribution in [2.24, 2.45) is 5.92 Å². The van der Waals surface area contributed by atoms with Crippen LogP contribution in [-0.4, -0.2) is 42.0 Å². The number of anilines is 1. The van der Waals surface area contributed by atoms with Gasteiger partial charge in [0, 0.05) is 32.1 Å². The first-order valence-electron chi connectivity index (χ1n) is 10.9. The first kappa shape index (κ1) is 23.7. The van der Waals surface area contributed by atoms with E-state index in [2.05, 4.69) is 41.5 Å². The van der Waals surface area contributed by atoms with Gasteiger partial charge in [-0.25, -0.2) is 4.79 Å². The van der Waals surface area contributed by atoms with Gasteiger partial charge in [-0.2, -0.15) is 0 Å². The highest BCUT2D eigenvalue weighted by molar-refractivity contribution is 5.83. The predicted octanol–water partition coefficient (Wildman–Crippen LogP) is 3.25. The van der Waals surface area contributed by atoms with Crippen LogP contribution in [0, 0.1) is 5.92 Å². The molecule has 2 atom stereocenters. The molecule has 0 radical (unpaired) electrons. The summed E-state index contributed by atoms with van der Waals surface area (Å²) >= 11 is 0. The molecular formula is C23H35N3O4. The number of hydrogen-bond donors (Lipinski definition) is 3. The van der Waals surface area contributed by atoms with Gasteiger partial charge in [0.2, 0.25) is 11.8 Å². The first-order chi connectivity index (χ1) is 14.3. The van der Waals surface area contributed by atoms with E-state index in [0.29, 0.717) is 5.92 Å².